The first-order chi connectivity index (χ1) is 11.6. The molecule has 0 aliphatic carbocycles. The van der Waals surface area contributed by atoms with Gasteiger partial charge in [0.15, 0.2) is 0 Å². The molecule has 2 rings (SSSR count). The van der Waals surface area contributed by atoms with Gasteiger partial charge in [-0.25, -0.2) is 0 Å². The Balaban J connectivity index is 1.95. The minimum atomic E-state index is -0.564. The second-order valence-corrected chi connectivity index (χ2v) is 5.12. The van der Waals surface area contributed by atoms with Crippen molar-refractivity contribution in [2.45, 2.75) is 6.54 Å². The Bertz CT molecular complexity index is 716. The quantitative estimate of drug-likeness (QED) is 0.722. The molecule has 0 aliphatic heterocycles. The highest BCUT2D eigenvalue weighted by Gasteiger charge is 2.08. The van der Waals surface area contributed by atoms with Crippen molar-refractivity contribution in [3.63, 3.8) is 0 Å². The molecule has 0 spiro atoms. The van der Waals surface area contributed by atoms with Crippen LogP contribution in [0.1, 0.15) is 26.3 Å². The summed E-state index contributed by atoms with van der Waals surface area (Å²) in [4.78, 5) is 23.3. The summed E-state index contributed by atoms with van der Waals surface area (Å²) in [5.41, 5.74) is 6.82. The summed E-state index contributed by atoms with van der Waals surface area (Å²) in [6, 6.07) is 13.8. The van der Waals surface area contributed by atoms with Crippen molar-refractivity contribution in [3.8, 4) is 5.75 Å². The van der Waals surface area contributed by atoms with Gasteiger partial charge in [0.05, 0.1) is 6.61 Å². The number of carbonyl (C=O) groups is 2. The molecule has 0 bridgehead atoms. The zero-order chi connectivity index (χ0) is 17.4. The number of carbonyl (C=O) groups excluding carboxylic acids is 2. The number of amides is 2. The average molecular weight is 328 g/mol. The molecule has 3 N–H and O–H groups in total. The van der Waals surface area contributed by atoms with Crippen LogP contribution < -0.4 is 15.8 Å². The van der Waals surface area contributed by atoms with E-state index in [4.69, 9.17) is 15.2 Å². The van der Waals surface area contributed by atoms with E-state index in [-0.39, 0.29) is 5.91 Å². The Hall–Kier alpha value is -2.86. The molecule has 0 aliphatic rings. The van der Waals surface area contributed by atoms with E-state index in [1.54, 1.807) is 25.3 Å². The second kappa shape index (κ2) is 8.69. The number of ether oxygens (including phenoxy) is 2. The largest absolute Gasteiger partial charge is 0.491 e. The lowest BCUT2D eigenvalue weighted by atomic mass is 10.1. The summed E-state index contributed by atoms with van der Waals surface area (Å²) in [7, 11) is 1.61. The summed E-state index contributed by atoms with van der Waals surface area (Å²) < 4.78 is 10.5. The summed E-state index contributed by atoms with van der Waals surface area (Å²) in [5.74, 6) is -0.121. The molecule has 126 valence electrons. The Kier molecular flexibility index (Phi) is 6.33. The van der Waals surface area contributed by atoms with E-state index >= 15 is 0 Å². The molecule has 0 atom stereocenters. The van der Waals surface area contributed by atoms with E-state index in [9.17, 15) is 9.59 Å². The Morgan fingerprint density at radius 1 is 1.04 bits per heavy atom. The third-order valence-corrected chi connectivity index (χ3v) is 3.32. The number of hydrogen-bond donors (Lipinski definition) is 2. The lowest BCUT2D eigenvalue weighted by Crippen LogP contribution is -2.23. The maximum absolute atomic E-state index is 12.2. The highest BCUT2D eigenvalue weighted by Crippen LogP contribution is 2.13. The number of primary amides is 1. The van der Waals surface area contributed by atoms with Gasteiger partial charge < -0.3 is 20.5 Å². The third kappa shape index (κ3) is 5.10. The molecular weight excluding hydrogens is 308 g/mol. The van der Waals surface area contributed by atoms with Crippen molar-refractivity contribution >= 4 is 11.8 Å². The zero-order valence-corrected chi connectivity index (χ0v) is 13.5. The van der Waals surface area contributed by atoms with E-state index in [2.05, 4.69) is 5.32 Å². The minimum absolute atomic E-state index is 0.274. The van der Waals surface area contributed by atoms with E-state index in [1.165, 1.54) is 6.07 Å². The number of benzene rings is 2. The van der Waals surface area contributed by atoms with Crippen LogP contribution in [0.3, 0.4) is 0 Å². The minimum Gasteiger partial charge on any atom is -0.491 e. The van der Waals surface area contributed by atoms with Crippen LogP contribution in [0.4, 0.5) is 0 Å². The lowest BCUT2D eigenvalue weighted by Gasteiger charge is -2.09. The highest BCUT2D eigenvalue weighted by molar-refractivity contribution is 5.99. The Morgan fingerprint density at radius 3 is 2.54 bits per heavy atom. The number of rotatable bonds is 8. The van der Waals surface area contributed by atoms with Gasteiger partial charge in [-0.3, -0.25) is 9.59 Å². The molecule has 2 aromatic rings. The maximum Gasteiger partial charge on any atom is 0.251 e. The molecule has 6 heteroatoms. The first-order valence-corrected chi connectivity index (χ1v) is 7.49. The fourth-order valence-corrected chi connectivity index (χ4v) is 2.09. The smallest absolute Gasteiger partial charge is 0.251 e. The van der Waals surface area contributed by atoms with Crippen molar-refractivity contribution < 1.29 is 19.1 Å². The van der Waals surface area contributed by atoms with Gasteiger partial charge in [0.25, 0.3) is 5.91 Å². The summed E-state index contributed by atoms with van der Waals surface area (Å²) >= 11 is 0. The number of nitrogens with two attached hydrogens (primary N) is 1. The van der Waals surface area contributed by atoms with Crippen molar-refractivity contribution in [1.82, 2.24) is 5.32 Å². The fourth-order valence-electron chi connectivity index (χ4n) is 2.09. The molecule has 0 radical (unpaired) electrons. The van der Waals surface area contributed by atoms with Crippen molar-refractivity contribution in [1.29, 1.82) is 0 Å². The topological polar surface area (TPSA) is 90.7 Å². The number of methoxy groups -OCH3 is 1. The molecule has 0 saturated heterocycles. The van der Waals surface area contributed by atoms with Gasteiger partial charge in [-0.1, -0.05) is 18.2 Å². The average Bonchev–Trinajstić information content (AvgIpc) is 2.60. The van der Waals surface area contributed by atoms with Crippen LogP contribution in [0.15, 0.2) is 48.5 Å². The lowest BCUT2D eigenvalue weighted by molar-refractivity contribution is 0.0951. The number of hydrogen-bond acceptors (Lipinski definition) is 4. The van der Waals surface area contributed by atoms with Gasteiger partial charge in [0.1, 0.15) is 12.4 Å². The zero-order valence-electron chi connectivity index (χ0n) is 13.5. The summed E-state index contributed by atoms with van der Waals surface area (Å²) in [5, 5.41) is 2.80. The summed E-state index contributed by atoms with van der Waals surface area (Å²) in [6.45, 7) is 1.32. The van der Waals surface area contributed by atoms with Gasteiger partial charge in [-0.05, 0) is 35.9 Å². The molecule has 0 unspecified atom stereocenters. The molecule has 0 heterocycles. The van der Waals surface area contributed by atoms with Crippen molar-refractivity contribution in [2.24, 2.45) is 5.73 Å². The second-order valence-electron chi connectivity index (χ2n) is 5.12. The molecule has 2 amide bonds. The maximum atomic E-state index is 12.2. The molecular formula is C18H20N2O4. The summed E-state index contributed by atoms with van der Waals surface area (Å²) in [6.07, 6.45) is 0. The highest BCUT2D eigenvalue weighted by atomic mass is 16.5. The molecule has 24 heavy (non-hydrogen) atoms. The van der Waals surface area contributed by atoms with Gasteiger partial charge in [0, 0.05) is 24.8 Å². The van der Waals surface area contributed by atoms with Gasteiger partial charge in [0.2, 0.25) is 5.91 Å². The van der Waals surface area contributed by atoms with Crippen LogP contribution in [-0.4, -0.2) is 32.1 Å². The van der Waals surface area contributed by atoms with E-state index in [0.29, 0.717) is 30.9 Å². The predicted octanol–water partition coefficient (Wildman–Crippen LogP) is 1.74. The molecule has 0 fully saturated rings. The van der Waals surface area contributed by atoms with Crippen molar-refractivity contribution in [3.05, 3.63) is 65.2 Å². The van der Waals surface area contributed by atoms with E-state index < -0.39 is 5.91 Å². The van der Waals surface area contributed by atoms with Gasteiger partial charge in [-0.2, -0.15) is 0 Å². The molecule has 2 aromatic carbocycles. The Morgan fingerprint density at radius 2 is 1.79 bits per heavy atom. The van der Waals surface area contributed by atoms with E-state index in [1.807, 2.05) is 24.3 Å². The van der Waals surface area contributed by atoms with Gasteiger partial charge >= 0.3 is 0 Å². The van der Waals surface area contributed by atoms with Crippen LogP contribution >= 0.6 is 0 Å². The number of nitrogens with one attached hydrogen (secondary N) is 1. The van der Waals surface area contributed by atoms with Crippen LogP contribution in [0.5, 0.6) is 5.75 Å². The van der Waals surface area contributed by atoms with Crippen LogP contribution in [-0.2, 0) is 11.3 Å². The molecule has 0 aromatic heterocycles. The Labute approximate surface area is 140 Å². The van der Waals surface area contributed by atoms with Crippen LogP contribution in [0, 0.1) is 0 Å². The normalized spacial score (nSPS) is 10.2. The predicted molar refractivity (Wildman–Crippen MR) is 89.9 cm³/mol. The SMILES string of the molecule is COCCOc1cccc(CNC(=O)c2cccc(C(N)=O)c2)c1. The standard InChI is InChI=1S/C18H20N2O4/c1-23-8-9-24-16-7-2-4-13(10-16)12-20-18(22)15-6-3-5-14(11-15)17(19)21/h2-7,10-11H,8-9,12H2,1H3,(H2,19,21)(H,20,22). The third-order valence-electron chi connectivity index (χ3n) is 3.32. The van der Waals surface area contributed by atoms with Crippen LogP contribution in [0.25, 0.3) is 0 Å². The first kappa shape index (κ1) is 17.5. The molecule has 6 nitrogen and oxygen atoms in total. The van der Waals surface area contributed by atoms with E-state index in [0.717, 1.165) is 11.3 Å². The molecule has 0 saturated carbocycles. The van der Waals surface area contributed by atoms with Crippen molar-refractivity contribution in [2.75, 3.05) is 20.3 Å². The fraction of sp³-hybridized carbons (Fsp3) is 0.222. The monoisotopic (exact) mass is 328 g/mol. The van der Waals surface area contributed by atoms with Gasteiger partial charge in [-0.15, -0.1) is 0 Å². The van der Waals surface area contributed by atoms with Crippen LogP contribution in [0.2, 0.25) is 0 Å². The first-order valence-electron chi connectivity index (χ1n) is 7.49.